The molecule has 0 unspecified atom stereocenters. The summed E-state index contributed by atoms with van der Waals surface area (Å²) in [5.41, 5.74) is -2.15. The first-order chi connectivity index (χ1) is 6.43. The van der Waals surface area contributed by atoms with Crippen molar-refractivity contribution >= 4 is 5.78 Å². The largest absolute Gasteiger partial charge is 0.455 e. The van der Waals surface area contributed by atoms with E-state index in [-0.39, 0.29) is 0 Å². The van der Waals surface area contributed by atoms with Gasteiger partial charge in [-0.1, -0.05) is 6.07 Å². The summed E-state index contributed by atoms with van der Waals surface area (Å²) >= 11 is 0. The van der Waals surface area contributed by atoms with Crippen LogP contribution in [-0.2, 0) is 0 Å². The number of ketones is 1. The molecular formula is C8H4F3NO2. The third kappa shape index (κ3) is 2.15. The van der Waals surface area contributed by atoms with Gasteiger partial charge in [-0.05, 0) is 12.1 Å². The molecule has 0 bridgehead atoms. The molecule has 0 atom stereocenters. The van der Waals surface area contributed by atoms with Crippen molar-refractivity contribution < 1.29 is 18.0 Å². The molecule has 1 aromatic rings. The van der Waals surface area contributed by atoms with Crippen molar-refractivity contribution in [2.75, 3.05) is 0 Å². The molecule has 0 aliphatic carbocycles. The first-order valence-electron chi connectivity index (χ1n) is 3.50. The molecule has 3 nitrogen and oxygen atoms in total. The molecule has 0 saturated heterocycles. The lowest BCUT2D eigenvalue weighted by Crippen LogP contribution is -2.28. The predicted octanol–water partition coefficient (Wildman–Crippen LogP) is 1.19. The average molecular weight is 203 g/mol. The van der Waals surface area contributed by atoms with Gasteiger partial charge in [-0.3, -0.25) is 9.59 Å². The fourth-order valence-corrected chi connectivity index (χ4v) is 0.779. The molecule has 0 saturated carbocycles. The summed E-state index contributed by atoms with van der Waals surface area (Å²) in [5, 5.41) is 0. The van der Waals surface area contributed by atoms with Gasteiger partial charge in [-0.2, -0.15) is 13.2 Å². The molecule has 1 rings (SSSR count). The van der Waals surface area contributed by atoms with Crippen molar-refractivity contribution in [2.45, 2.75) is 6.18 Å². The maximum absolute atomic E-state index is 11.9. The Balaban J connectivity index is 3.30. The van der Waals surface area contributed by atoms with Crippen LogP contribution in [-0.4, -0.2) is 16.9 Å². The van der Waals surface area contributed by atoms with Crippen LogP contribution >= 0.6 is 0 Å². The van der Waals surface area contributed by atoms with Crippen molar-refractivity contribution in [1.29, 1.82) is 0 Å². The lowest BCUT2D eigenvalue weighted by atomic mass is 10.2. The van der Waals surface area contributed by atoms with E-state index in [1.807, 2.05) is 0 Å². The zero-order valence-electron chi connectivity index (χ0n) is 6.71. The van der Waals surface area contributed by atoms with Gasteiger partial charge in [0.2, 0.25) is 0 Å². The van der Waals surface area contributed by atoms with Crippen LogP contribution in [0, 0.1) is 0 Å². The second kappa shape index (κ2) is 3.57. The minimum atomic E-state index is -5.05. The number of alkyl halides is 3. The molecule has 1 aromatic heterocycles. The summed E-state index contributed by atoms with van der Waals surface area (Å²) in [5.74, 6) is -2.17. The van der Waals surface area contributed by atoms with Crippen LogP contribution in [0.1, 0.15) is 10.4 Å². The molecule has 0 fully saturated rings. The van der Waals surface area contributed by atoms with E-state index in [0.29, 0.717) is 0 Å². The van der Waals surface area contributed by atoms with E-state index in [2.05, 4.69) is 4.98 Å². The fourth-order valence-electron chi connectivity index (χ4n) is 0.779. The highest BCUT2D eigenvalue weighted by molar-refractivity contribution is 5.99. The van der Waals surface area contributed by atoms with E-state index in [4.69, 9.17) is 0 Å². The molecule has 0 spiro atoms. The van der Waals surface area contributed by atoms with Crippen LogP contribution in [0.25, 0.3) is 0 Å². The Bertz CT molecular complexity index is 414. The molecule has 0 N–H and O–H groups in total. The number of aromatic nitrogens is 1. The zero-order valence-corrected chi connectivity index (χ0v) is 6.71. The van der Waals surface area contributed by atoms with E-state index in [0.717, 1.165) is 18.3 Å². The van der Waals surface area contributed by atoms with E-state index >= 15 is 0 Å². The third-order valence-corrected chi connectivity index (χ3v) is 1.38. The number of carbonyl (C=O) groups is 1. The predicted molar refractivity (Wildman–Crippen MR) is 40.9 cm³/mol. The Morgan fingerprint density at radius 2 is 1.93 bits per heavy atom. The summed E-state index contributed by atoms with van der Waals surface area (Å²) in [6.45, 7) is 0. The molecule has 0 aliphatic heterocycles. The fraction of sp³-hybridized carbons (Fsp3) is 0.125. The number of Topliss-reactive ketones (excluding diaryl/α,β-unsaturated/α-hetero) is 1. The molecule has 0 aromatic carbocycles. The van der Waals surface area contributed by atoms with Crippen LogP contribution in [0.15, 0.2) is 29.2 Å². The monoisotopic (exact) mass is 203 g/mol. The van der Waals surface area contributed by atoms with Gasteiger partial charge in [0.15, 0.2) is 0 Å². The second-order valence-electron chi connectivity index (χ2n) is 2.38. The quantitative estimate of drug-likeness (QED) is 0.644. The summed E-state index contributed by atoms with van der Waals surface area (Å²) in [7, 11) is 0. The lowest BCUT2D eigenvalue weighted by molar-refractivity contribution is -0.0886. The Morgan fingerprint density at radius 1 is 1.29 bits per heavy atom. The molecular weight excluding hydrogens is 199 g/mol. The highest BCUT2D eigenvalue weighted by Gasteiger charge is 2.40. The van der Waals surface area contributed by atoms with Crippen molar-refractivity contribution in [2.24, 2.45) is 0 Å². The van der Waals surface area contributed by atoms with Crippen molar-refractivity contribution in [3.05, 3.63) is 40.3 Å². The van der Waals surface area contributed by atoms with Gasteiger partial charge >= 0.3 is 6.18 Å². The first-order valence-corrected chi connectivity index (χ1v) is 3.50. The van der Waals surface area contributed by atoms with Gasteiger partial charge in [0.25, 0.3) is 11.3 Å². The van der Waals surface area contributed by atoms with E-state index in [1.165, 1.54) is 6.07 Å². The van der Waals surface area contributed by atoms with Crippen LogP contribution in [0.2, 0.25) is 0 Å². The number of carbonyl (C=O) groups excluding carboxylic acids is 1. The Labute approximate surface area is 76.2 Å². The maximum Gasteiger partial charge on any atom is 0.455 e. The second-order valence-corrected chi connectivity index (χ2v) is 2.38. The molecule has 0 aliphatic rings. The highest BCUT2D eigenvalue weighted by Crippen LogP contribution is 2.18. The Hall–Kier alpha value is -1.72. The SMILES string of the molecule is O=C(c1ccccnc1=O)C(F)(F)F. The summed E-state index contributed by atoms with van der Waals surface area (Å²) < 4.78 is 35.8. The normalized spacial score (nSPS) is 11.1. The maximum atomic E-state index is 11.9. The molecule has 6 heteroatoms. The van der Waals surface area contributed by atoms with Crippen molar-refractivity contribution in [3.8, 4) is 0 Å². The molecule has 14 heavy (non-hydrogen) atoms. The third-order valence-electron chi connectivity index (χ3n) is 1.38. The minimum Gasteiger partial charge on any atom is -0.284 e. The molecule has 0 radical (unpaired) electrons. The van der Waals surface area contributed by atoms with Crippen LogP contribution in [0.5, 0.6) is 0 Å². The smallest absolute Gasteiger partial charge is 0.284 e. The Morgan fingerprint density at radius 3 is 2.50 bits per heavy atom. The standard InChI is InChI=1S/C8H4F3NO2/c9-8(10,11)6(13)5-3-1-2-4-12-7(5)14/h1-4H. The summed E-state index contributed by atoms with van der Waals surface area (Å²) in [4.78, 5) is 24.6. The van der Waals surface area contributed by atoms with Gasteiger partial charge in [0, 0.05) is 6.20 Å². The van der Waals surface area contributed by atoms with Gasteiger partial charge in [-0.15, -0.1) is 0 Å². The van der Waals surface area contributed by atoms with Crippen molar-refractivity contribution in [1.82, 2.24) is 4.98 Å². The number of hydrogen-bond donors (Lipinski definition) is 0. The highest BCUT2D eigenvalue weighted by atomic mass is 19.4. The average Bonchev–Trinajstić information content (AvgIpc) is 2.27. The minimum absolute atomic E-state index is 0.797. The first kappa shape index (κ1) is 10.4. The van der Waals surface area contributed by atoms with Crippen molar-refractivity contribution in [3.63, 3.8) is 0 Å². The van der Waals surface area contributed by atoms with Gasteiger partial charge in [-0.25, -0.2) is 4.98 Å². The van der Waals surface area contributed by atoms with E-state index in [1.54, 1.807) is 0 Å². The lowest BCUT2D eigenvalue weighted by Gasteiger charge is -2.01. The number of hydrogen-bond acceptors (Lipinski definition) is 3. The topological polar surface area (TPSA) is 47.0 Å². The number of rotatable bonds is 1. The number of halogens is 3. The van der Waals surface area contributed by atoms with Crippen LogP contribution in [0.4, 0.5) is 13.2 Å². The van der Waals surface area contributed by atoms with Crippen LogP contribution < -0.4 is 5.56 Å². The van der Waals surface area contributed by atoms with Gasteiger partial charge < -0.3 is 0 Å². The number of nitrogens with zero attached hydrogens (tertiary/aromatic N) is 1. The van der Waals surface area contributed by atoms with Crippen LogP contribution in [0.3, 0.4) is 0 Å². The van der Waals surface area contributed by atoms with Gasteiger partial charge in [0.1, 0.15) is 0 Å². The summed E-state index contributed by atoms with van der Waals surface area (Å²) in [6.07, 6.45) is -4.02. The zero-order chi connectivity index (χ0) is 10.8. The molecule has 74 valence electrons. The van der Waals surface area contributed by atoms with E-state index in [9.17, 15) is 22.8 Å². The Kier molecular flexibility index (Phi) is 2.64. The van der Waals surface area contributed by atoms with Gasteiger partial charge in [0.05, 0.1) is 5.56 Å². The summed E-state index contributed by atoms with van der Waals surface area (Å²) in [6, 6.07) is 3.20. The molecule has 0 amide bonds. The van der Waals surface area contributed by atoms with E-state index < -0.39 is 23.1 Å². The molecule has 1 heterocycles.